The number of carbonyl (C=O) groups is 1. The molecule has 4 heterocycles. The Bertz CT molecular complexity index is 1010. The number of aryl methyl sites for hydroxylation is 1. The largest absolute Gasteiger partial charge is 0.355 e. The Balaban J connectivity index is 1.54. The van der Waals surface area contributed by atoms with Crippen molar-refractivity contribution >= 4 is 39.4 Å². The van der Waals surface area contributed by atoms with Gasteiger partial charge in [-0.25, -0.2) is 8.42 Å². The van der Waals surface area contributed by atoms with Crippen LogP contribution in [0.2, 0.25) is 0 Å². The Labute approximate surface area is 181 Å². The second-order valence-electron chi connectivity index (χ2n) is 7.90. The fourth-order valence-corrected chi connectivity index (χ4v) is 6.60. The zero-order valence-electron chi connectivity index (χ0n) is 17.1. The van der Waals surface area contributed by atoms with Crippen molar-refractivity contribution in [1.82, 2.24) is 14.4 Å². The summed E-state index contributed by atoms with van der Waals surface area (Å²) in [4.78, 5) is 15.9. The number of piperidine rings is 2. The van der Waals surface area contributed by atoms with E-state index >= 15 is 0 Å². The third kappa shape index (κ3) is 4.38. The van der Waals surface area contributed by atoms with Crippen molar-refractivity contribution in [3.8, 4) is 0 Å². The van der Waals surface area contributed by atoms with Gasteiger partial charge in [0.05, 0.1) is 5.92 Å². The van der Waals surface area contributed by atoms with Crippen LogP contribution in [0.3, 0.4) is 0 Å². The molecule has 2 aliphatic rings. The highest BCUT2D eigenvalue weighted by molar-refractivity contribution is 7.89. The van der Waals surface area contributed by atoms with Gasteiger partial charge in [0.1, 0.15) is 5.69 Å². The van der Waals surface area contributed by atoms with Gasteiger partial charge in [0.15, 0.2) is 10.7 Å². The number of carbonyl (C=O) groups excluding carboxylic acids is 1. The van der Waals surface area contributed by atoms with Gasteiger partial charge in [-0.05, 0) is 62.6 Å². The van der Waals surface area contributed by atoms with Crippen molar-refractivity contribution in [2.75, 3.05) is 26.2 Å². The highest BCUT2D eigenvalue weighted by Gasteiger charge is 2.38. The van der Waals surface area contributed by atoms with E-state index in [1.165, 1.54) is 4.31 Å². The molecular weight excluding hydrogens is 422 g/mol. The summed E-state index contributed by atoms with van der Waals surface area (Å²) < 4.78 is 33.7. The molecule has 2 aromatic heterocycles. The van der Waals surface area contributed by atoms with E-state index in [0.717, 1.165) is 43.6 Å². The van der Waals surface area contributed by atoms with Gasteiger partial charge < -0.3 is 9.42 Å². The molecule has 0 bridgehead atoms. The Morgan fingerprint density at radius 3 is 2.73 bits per heavy atom. The minimum Gasteiger partial charge on any atom is -0.355 e. The SMILES string of the molecule is Cc1noc(/C=C/c2cccs2)c1S(=O)(=O)N1CCC[C@@H](C(=O)N2CCCCC2)C1. The third-order valence-electron chi connectivity index (χ3n) is 5.77. The van der Waals surface area contributed by atoms with E-state index in [1.54, 1.807) is 24.3 Å². The summed E-state index contributed by atoms with van der Waals surface area (Å²) >= 11 is 1.56. The lowest BCUT2D eigenvalue weighted by Gasteiger charge is -2.35. The fourth-order valence-electron chi connectivity index (χ4n) is 4.21. The monoisotopic (exact) mass is 449 g/mol. The molecule has 0 saturated carbocycles. The zero-order valence-corrected chi connectivity index (χ0v) is 18.8. The van der Waals surface area contributed by atoms with Crippen LogP contribution in [0.25, 0.3) is 12.2 Å². The van der Waals surface area contributed by atoms with Crippen LogP contribution in [-0.4, -0.2) is 54.9 Å². The first kappa shape index (κ1) is 21.3. The number of likely N-dealkylation sites (tertiary alicyclic amines) is 1. The first-order valence-electron chi connectivity index (χ1n) is 10.4. The van der Waals surface area contributed by atoms with Crippen molar-refractivity contribution in [1.29, 1.82) is 0 Å². The summed E-state index contributed by atoms with van der Waals surface area (Å²) in [6.45, 7) is 3.83. The summed E-state index contributed by atoms with van der Waals surface area (Å²) in [5, 5.41) is 5.86. The van der Waals surface area contributed by atoms with E-state index in [-0.39, 0.29) is 29.0 Å². The number of amides is 1. The molecule has 2 saturated heterocycles. The van der Waals surface area contributed by atoms with E-state index in [4.69, 9.17) is 4.52 Å². The second kappa shape index (κ2) is 9.03. The van der Waals surface area contributed by atoms with Crippen LogP contribution in [0, 0.1) is 12.8 Å². The first-order valence-corrected chi connectivity index (χ1v) is 12.8. The third-order valence-corrected chi connectivity index (χ3v) is 8.64. The molecule has 1 atom stereocenters. The number of thiophene rings is 1. The normalized spacial score (nSPS) is 21.4. The molecule has 0 spiro atoms. The molecule has 0 aromatic carbocycles. The highest BCUT2D eigenvalue weighted by Crippen LogP contribution is 2.30. The smallest absolute Gasteiger partial charge is 0.248 e. The predicted octanol–water partition coefficient (Wildman–Crippen LogP) is 3.63. The minimum absolute atomic E-state index is 0.0921. The van der Waals surface area contributed by atoms with Crippen LogP contribution < -0.4 is 0 Å². The first-order chi connectivity index (χ1) is 14.5. The summed E-state index contributed by atoms with van der Waals surface area (Å²) in [6, 6.07) is 3.88. The molecule has 30 heavy (non-hydrogen) atoms. The molecular formula is C21H27N3O4S2. The topological polar surface area (TPSA) is 83.7 Å². The molecule has 7 nitrogen and oxygen atoms in total. The second-order valence-corrected chi connectivity index (χ2v) is 10.8. The lowest BCUT2D eigenvalue weighted by atomic mass is 9.97. The standard InChI is InChI=1S/C21H27N3O4S2/c1-16-20(19(28-22-16)10-9-18-8-6-14-29-18)30(26,27)24-13-5-7-17(15-24)21(25)23-11-3-2-4-12-23/h6,8-10,14,17H,2-5,7,11-13,15H2,1H3/b10-9+/t17-/m1/s1. The van der Waals surface area contributed by atoms with Gasteiger partial charge in [-0.1, -0.05) is 11.2 Å². The predicted molar refractivity (Wildman–Crippen MR) is 116 cm³/mol. The molecule has 162 valence electrons. The highest BCUT2D eigenvalue weighted by atomic mass is 32.2. The van der Waals surface area contributed by atoms with Gasteiger partial charge in [-0.3, -0.25) is 4.79 Å². The Hall–Kier alpha value is -1.97. The molecule has 0 aliphatic carbocycles. The number of aromatic nitrogens is 1. The number of nitrogens with zero attached hydrogens (tertiary/aromatic N) is 3. The van der Waals surface area contributed by atoms with Gasteiger partial charge in [0.2, 0.25) is 15.9 Å². The lowest BCUT2D eigenvalue weighted by Crippen LogP contribution is -2.48. The Morgan fingerprint density at radius 1 is 1.20 bits per heavy atom. The summed E-state index contributed by atoms with van der Waals surface area (Å²) in [5.41, 5.74) is 0.338. The fraction of sp³-hybridized carbons (Fsp3) is 0.524. The van der Waals surface area contributed by atoms with E-state index in [9.17, 15) is 13.2 Å². The van der Waals surface area contributed by atoms with Crippen molar-refractivity contribution < 1.29 is 17.7 Å². The maximum Gasteiger partial charge on any atom is 0.248 e. The van der Waals surface area contributed by atoms with Crippen molar-refractivity contribution in [3.05, 3.63) is 33.8 Å². The maximum atomic E-state index is 13.5. The zero-order chi connectivity index (χ0) is 21.1. The molecule has 2 aromatic rings. The van der Waals surface area contributed by atoms with Gasteiger partial charge >= 0.3 is 0 Å². The summed E-state index contributed by atoms with van der Waals surface area (Å²) in [5.74, 6) is 0.0386. The minimum atomic E-state index is -3.81. The molecule has 4 rings (SSSR count). The van der Waals surface area contributed by atoms with Crippen LogP contribution in [0.4, 0.5) is 0 Å². The maximum absolute atomic E-state index is 13.5. The van der Waals surface area contributed by atoms with Crippen LogP contribution in [-0.2, 0) is 14.8 Å². The van der Waals surface area contributed by atoms with Crippen molar-refractivity contribution in [2.24, 2.45) is 5.92 Å². The summed E-state index contributed by atoms with van der Waals surface area (Å²) in [7, 11) is -3.81. The van der Waals surface area contributed by atoms with Gasteiger partial charge in [-0.15, -0.1) is 11.3 Å². The van der Waals surface area contributed by atoms with E-state index in [1.807, 2.05) is 28.5 Å². The molecule has 9 heteroatoms. The van der Waals surface area contributed by atoms with Crippen LogP contribution in [0.5, 0.6) is 0 Å². The van der Waals surface area contributed by atoms with Crippen LogP contribution >= 0.6 is 11.3 Å². The lowest BCUT2D eigenvalue weighted by molar-refractivity contribution is -0.137. The van der Waals surface area contributed by atoms with Gasteiger partial charge in [-0.2, -0.15) is 4.31 Å². The molecule has 1 amide bonds. The molecule has 2 aliphatic heterocycles. The van der Waals surface area contributed by atoms with Gasteiger partial charge in [0, 0.05) is 31.1 Å². The van der Waals surface area contributed by atoms with Crippen molar-refractivity contribution in [3.63, 3.8) is 0 Å². The number of rotatable bonds is 5. The van der Waals surface area contributed by atoms with Crippen LogP contribution in [0.15, 0.2) is 26.9 Å². The van der Waals surface area contributed by atoms with E-state index in [2.05, 4.69) is 5.16 Å². The number of hydrogen-bond acceptors (Lipinski definition) is 6. The van der Waals surface area contributed by atoms with Gasteiger partial charge in [0.25, 0.3) is 0 Å². The molecule has 0 N–H and O–H groups in total. The quantitative estimate of drug-likeness (QED) is 0.696. The molecule has 0 unspecified atom stereocenters. The van der Waals surface area contributed by atoms with E-state index < -0.39 is 10.0 Å². The van der Waals surface area contributed by atoms with Crippen LogP contribution in [0.1, 0.15) is 48.4 Å². The van der Waals surface area contributed by atoms with E-state index in [0.29, 0.717) is 18.7 Å². The Kier molecular flexibility index (Phi) is 6.40. The molecule has 2 fully saturated rings. The van der Waals surface area contributed by atoms with Crippen molar-refractivity contribution in [2.45, 2.75) is 43.9 Å². The number of hydrogen-bond donors (Lipinski definition) is 0. The summed E-state index contributed by atoms with van der Waals surface area (Å²) in [6.07, 6.45) is 8.09. The Morgan fingerprint density at radius 2 is 2.00 bits per heavy atom. The average Bonchev–Trinajstić information content (AvgIpc) is 3.42. The average molecular weight is 450 g/mol. The number of sulfonamides is 1. The molecule has 0 radical (unpaired) electrons.